The number of carboxylic acid groups (broad SMARTS) is 1. The van der Waals surface area contributed by atoms with Crippen LogP contribution in [0.15, 0.2) is 24.5 Å². The molecule has 0 saturated heterocycles. The minimum atomic E-state index is -0.863. The van der Waals surface area contributed by atoms with Crippen LogP contribution in [0.5, 0.6) is 0 Å². The molecule has 0 aliphatic rings. The Kier molecular flexibility index (Phi) is 2.97. The first-order chi connectivity index (χ1) is 6.13. The number of rotatable bonds is 3. The third-order valence-corrected chi connectivity index (χ3v) is 1.75. The van der Waals surface area contributed by atoms with Crippen LogP contribution in [0.1, 0.15) is 11.6 Å². The van der Waals surface area contributed by atoms with Crippen LogP contribution in [0.25, 0.3) is 0 Å². The Balaban J connectivity index is 2.96. The van der Waals surface area contributed by atoms with Crippen molar-refractivity contribution in [2.75, 3.05) is 14.1 Å². The van der Waals surface area contributed by atoms with Crippen molar-refractivity contribution in [1.82, 2.24) is 9.88 Å². The van der Waals surface area contributed by atoms with Crippen LogP contribution in [0, 0.1) is 0 Å². The van der Waals surface area contributed by atoms with Gasteiger partial charge in [-0.15, -0.1) is 0 Å². The summed E-state index contributed by atoms with van der Waals surface area (Å²) in [7, 11) is 3.46. The molecule has 1 heterocycles. The lowest BCUT2D eigenvalue weighted by Crippen LogP contribution is -2.27. The average molecular weight is 180 g/mol. The molecule has 0 fully saturated rings. The SMILES string of the molecule is CN(C)C(C(=O)O)c1cccnc1. The number of aliphatic carboxylic acids is 1. The molecule has 70 valence electrons. The van der Waals surface area contributed by atoms with Crippen LogP contribution >= 0.6 is 0 Å². The van der Waals surface area contributed by atoms with E-state index < -0.39 is 12.0 Å². The van der Waals surface area contributed by atoms with Gasteiger partial charge in [0.25, 0.3) is 0 Å². The molecular formula is C9H12N2O2. The number of likely N-dealkylation sites (N-methyl/N-ethyl adjacent to an activating group) is 1. The minimum Gasteiger partial charge on any atom is -0.480 e. The van der Waals surface area contributed by atoms with E-state index in [1.165, 1.54) is 0 Å². The van der Waals surface area contributed by atoms with E-state index in [0.717, 1.165) is 0 Å². The molecule has 0 spiro atoms. The van der Waals surface area contributed by atoms with Crippen LogP contribution in [0.3, 0.4) is 0 Å². The molecule has 0 aliphatic carbocycles. The Labute approximate surface area is 76.8 Å². The molecule has 1 aromatic heterocycles. The Morgan fingerprint density at radius 3 is 2.69 bits per heavy atom. The van der Waals surface area contributed by atoms with Crippen molar-refractivity contribution in [2.24, 2.45) is 0 Å². The zero-order valence-corrected chi connectivity index (χ0v) is 7.64. The third kappa shape index (κ3) is 2.26. The topological polar surface area (TPSA) is 53.4 Å². The average Bonchev–Trinajstić information content (AvgIpc) is 2.04. The van der Waals surface area contributed by atoms with Crippen molar-refractivity contribution in [3.63, 3.8) is 0 Å². The fraction of sp³-hybridized carbons (Fsp3) is 0.333. The molecule has 4 nitrogen and oxygen atoms in total. The van der Waals surface area contributed by atoms with Gasteiger partial charge in [-0.1, -0.05) is 6.07 Å². The van der Waals surface area contributed by atoms with Crippen molar-refractivity contribution < 1.29 is 9.90 Å². The molecule has 1 atom stereocenters. The van der Waals surface area contributed by atoms with Gasteiger partial charge in [0.15, 0.2) is 0 Å². The van der Waals surface area contributed by atoms with E-state index in [9.17, 15) is 4.79 Å². The van der Waals surface area contributed by atoms with Crippen LogP contribution in [-0.4, -0.2) is 35.1 Å². The number of carboxylic acids is 1. The number of aromatic nitrogens is 1. The summed E-state index contributed by atoms with van der Waals surface area (Å²) >= 11 is 0. The summed E-state index contributed by atoms with van der Waals surface area (Å²) in [6.45, 7) is 0. The van der Waals surface area contributed by atoms with E-state index in [0.29, 0.717) is 5.56 Å². The second-order valence-corrected chi connectivity index (χ2v) is 2.99. The van der Waals surface area contributed by atoms with Crippen molar-refractivity contribution in [3.8, 4) is 0 Å². The summed E-state index contributed by atoms with van der Waals surface area (Å²) in [4.78, 5) is 16.4. The largest absolute Gasteiger partial charge is 0.480 e. The van der Waals surface area contributed by atoms with E-state index >= 15 is 0 Å². The highest BCUT2D eigenvalue weighted by molar-refractivity contribution is 5.75. The van der Waals surface area contributed by atoms with Gasteiger partial charge in [0.2, 0.25) is 0 Å². The van der Waals surface area contributed by atoms with Gasteiger partial charge >= 0.3 is 5.97 Å². The van der Waals surface area contributed by atoms with E-state index in [1.54, 1.807) is 43.5 Å². The molecule has 1 unspecified atom stereocenters. The first kappa shape index (κ1) is 9.67. The van der Waals surface area contributed by atoms with Crippen LogP contribution in [0.2, 0.25) is 0 Å². The fourth-order valence-corrected chi connectivity index (χ4v) is 1.20. The fourth-order valence-electron chi connectivity index (χ4n) is 1.20. The summed E-state index contributed by atoms with van der Waals surface area (Å²) < 4.78 is 0. The molecule has 0 aliphatic heterocycles. The van der Waals surface area contributed by atoms with Gasteiger partial charge < -0.3 is 5.11 Å². The molecule has 0 radical (unpaired) electrons. The lowest BCUT2D eigenvalue weighted by Gasteiger charge is -2.19. The maximum absolute atomic E-state index is 10.9. The summed E-state index contributed by atoms with van der Waals surface area (Å²) in [6.07, 6.45) is 3.19. The predicted octanol–water partition coefficient (Wildman–Crippen LogP) is 0.769. The van der Waals surface area contributed by atoms with Gasteiger partial charge in [-0.2, -0.15) is 0 Å². The normalized spacial score (nSPS) is 12.8. The number of carbonyl (C=O) groups is 1. The number of hydrogen-bond acceptors (Lipinski definition) is 3. The maximum atomic E-state index is 10.9. The Hall–Kier alpha value is -1.42. The molecule has 1 aromatic rings. The van der Waals surface area contributed by atoms with Crippen molar-refractivity contribution >= 4 is 5.97 Å². The Morgan fingerprint density at radius 2 is 2.31 bits per heavy atom. The van der Waals surface area contributed by atoms with E-state index in [2.05, 4.69) is 4.98 Å². The van der Waals surface area contributed by atoms with Crippen LogP contribution in [0.4, 0.5) is 0 Å². The Morgan fingerprint density at radius 1 is 1.62 bits per heavy atom. The van der Waals surface area contributed by atoms with Gasteiger partial charge in [-0.05, 0) is 25.7 Å². The second-order valence-electron chi connectivity index (χ2n) is 2.99. The van der Waals surface area contributed by atoms with Gasteiger partial charge in [-0.3, -0.25) is 14.7 Å². The van der Waals surface area contributed by atoms with E-state index in [4.69, 9.17) is 5.11 Å². The Bertz CT molecular complexity index is 285. The predicted molar refractivity (Wildman–Crippen MR) is 48.3 cm³/mol. The van der Waals surface area contributed by atoms with Crippen molar-refractivity contribution in [1.29, 1.82) is 0 Å². The maximum Gasteiger partial charge on any atom is 0.325 e. The van der Waals surface area contributed by atoms with E-state index in [1.807, 2.05) is 0 Å². The summed E-state index contributed by atoms with van der Waals surface area (Å²) in [5, 5.41) is 8.93. The highest BCUT2D eigenvalue weighted by Gasteiger charge is 2.21. The van der Waals surface area contributed by atoms with E-state index in [-0.39, 0.29) is 0 Å². The summed E-state index contributed by atoms with van der Waals surface area (Å²) in [6, 6.07) is 2.87. The second kappa shape index (κ2) is 4.00. The third-order valence-electron chi connectivity index (χ3n) is 1.75. The summed E-state index contributed by atoms with van der Waals surface area (Å²) in [5.74, 6) is -0.863. The van der Waals surface area contributed by atoms with Crippen LogP contribution in [-0.2, 0) is 4.79 Å². The standard InChI is InChI=1S/C9H12N2O2/c1-11(2)8(9(12)13)7-4-3-5-10-6-7/h3-6,8H,1-2H3,(H,12,13). The number of hydrogen-bond donors (Lipinski definition) is 1. The molecule has 1 rings (SSSR count). The zero-order chi connectivity index (χ0) is 9.84. The number of nitrogens with zero attached hydrogens (tertiary/aromatic N) is 2. The van der Waals surface area contributed by atoms with Gasteiger partial charge in [0.05, 0.1) is 0 Å². The molecule has 0 amide bonds. The van der Waals surface area contributed by atoms with Gasteiger partial charge in [0.1, 0.15) is 6.04 Å². The highest BCUT2D eigenvalue weighted by atomic mass is 16.4. The summed E-state index contributed by atoms with van der Waals surface area (Å²) in [5.41, 5.74) is 0.694. The minimum absolute atomic E-state index is 0.617. The number of pyridine rings is 1. The lowest BCUT2D eigenvalue weighted by atomic mass is 10.1. The van der Waals surface area contributed by atoms with Crippen molar-refractivity contribution in [3.05, 3.63) is 30.1 Å². The molecule has 0 aromatic carbocycles. The van der Waals surface area contributed by atoms with Gasteiger partial charge in [0, 0.05) is 12.4 Å². The first-order valence-electron chi connectivity index (χ1n) is 3.92. The smallest absolute Gasteiger partial charge is 0.325 e. The van der Waals surface area contributed by atoms with Gasteiger partial charge in [-0.25, -0.2) is 0 Å². The molecule has 0 bridgehead atoms. The molecule has 13 heavy (non-hydrogen) atoms. The lowest BCUT2D eigenvalue weighted by molar-refractivity contribution is -0.142. The monoisotopic (exact) mass is 180 g/mol. The molecule has 0 saturated carbocycles. The van der Waals surface area contributed by atoms with Crippen molar-refractivity contribution in [2.45, 2.75) is 6.04 Å². The molecule has 1 N–H and O–H groups in total. The quantitative estimate of drug-likeness (QED) is 0.746. The molecule has 4 heteroatoms. The van der Waals surface area contributed by atoms with Crippen LogP contribution < -0.4 is 0 Å². The first-order valence-corrected chi connectivity index (χ1v) is 3.92. The highest BCUT2D eigenvalue weighted by Crippen LogP contribution is 2.16. The molecular weight excluding hydrogens is 168 g/mol. The zero-order valence-electron chi connectivity index (χ0n) is 7.64.